The number of hydrogen-bond donors (Lipinski definition) is 2. The van der Waals surface area contributed by atoms with Crippen molar-refractivity contribution in [1.29, 1.82) is 0 Å². The van der Waals surface area contributed by atoms with Crippen molar-refractivity contribution in [2.45, 2.75) is 50.6 Å². The van der Waals surface area contributed by atoms with E-state index >= 15 is 0 Å². The fraction of sp³-hybridized carbons (Fsp3) is 0.562. The Morgan fingerprint density at radius 1 is 1.24 bits per heavy atom. The molecule has 0 spiro atoms. The van der Waals surface area contributed by atoms with Crippen LogP contribution in [-0.2, 0) is 10.3 Å². The van der Waals surface area contributed by atoms with Crippen LogP contribution in [0, 0.1) is 0 Å². The summed E-state index contributed by atoms with van der Waals surface area (Å²) in [5, 5.41) is 3.47. The molecule has 1 heterocycles. The molecule has 1 atom stereocenters. The number of fused-ring (bicyclic) bond motifs is 1. The molecule has 1 saturated carbocycles. The van der Waals surface area contributed by atoms with Gasteiger partial charge in [-0.15, -0.1) is 0 Å². The van der Waals surface area contributed by atoms with Gasteiger partial charge in [0.25, 0.3) is 0 Å². The molecule has 0 aromatic heterocycles. The lowest BCUT2D eigenvalue weighted by Gasteiger charge is -2.34. The molecule has 0 saturated heterocycles. The number of amides is 1. The Balaban J connectivity index is 1.87. The summed E-state index contributed by atoms with van der Waals surface area (Å²) in [5.41, 5.74) is 5.63. The molecule has 2 aliphatic rings. The van der Waals surface area contributed by atoms with Gasteiger partial charge in [0.15, 0.2) is 11.5 Å². The number of primary amides is 1. The van der Waals surface area contributed by atoms with Crippen LogP contribution in [-0.4, -0.2) is 18.7 Å². The second-order valence-electron chi connectivity index (χ2n) is 6.04. The number of benzene rings is 1. The van der Waals surface area contributed by atoms with Crippen molar-refractivity contribution in [3.8, 4) is 11.5 Å². The number of ether oxygens (including phenoxy) is 2. The highest BCUT2D eigenvalue weighted by atomic mass is 16.7. The van der Waals surface area contributed by atoms with E-state index in [1.165, 1.54) is 19.3 Å². The Hall–Kier alpha value is -1.75. The average Bonchev–Trinajstić information content (AvgIpc) is 2.95. The zero-order valence-corrected chi connectivity index (χ0v) is 12.4. The third-order valence-electron chi connectivity index (χ3n) is 4.54. The van der Waals surface area contributed by atoms with Crippen LogP contribution in [0.25, 0.3) is 0 Å². The highest BCUT2D eigenvalue weighted by Gasteiger charge is 2.36. The Bertz CT molecular complexity index is 540. The highest BCUT2D eigenvalue weighted by molar-refractivity contribution is 5.86. The molecule has 0 bridgehead atoms. The second kappa shape index (κ2) is 5.56. The fourth-order valence-corrected chi connectivity index (χ4v) is 3.16. The molecule has 21 heavy (non-hydrogen) atoms. The van der Waals surface area contributed by atoms with Crippen molar-refractivity contribution in [1.82, 2.24) is 5.32 Å². The van der Waals surface area contributed by atoms with E-state index < -0.39 is 5.54 Å². The maximum Gasteiger partial charge on any atom is 0.242 e. The standard InChI is InChI=1S/C16H22N2O3/c1-16(15(17)19,18-12-5-3-2-4-6-12)11-7-8-13-14(9-11)21-10-20-13/h7-9,12,18H,2-6,10H2,1H3,(H2,17,19). The molecule has 3 rings (SSSR count). The summed E-state index contributed by atoms with van der Waals surface area (Å²) in [6.07, 6.45) is 5.86. The number of nitrogens with two attached hydrogens (primary N) is 1. The Labute approximate surface area is 124 Å². The van der Waals surface area contributed by atoms with Gasteiger partial charge in [0.2, 0.25) is 12.7 Å². The lowest BCUT2D eigenvalue weighted by molar-refractivity contribution is -0.124. The van der Waals surface area contributed by atoms with Crippen LogP contribution < -0.4 is 20.5 Å². The average molecular weight is 290 g/mol. The van der Waals surface area contributed by atoms with Crippen LogP contribution in [0.3, 0.4) is 0 Å². The van der Waals surface area contributed by atoms with Crippen molar-refractivity contribution in [3.05, 3.63) is 23.8 Å². The van der Waals surface area contributed by atoms with Crippen molar-refractivity contribution in [2.24, 2.45) is 5.73 Å². The van der Waals surface area contributed by atoms with Crippen LogP contribution in [0.4, 0.5) is 0 Å². The lowest BCUT2D eigenvalue weighted by Crippen LogP contribution is -2.54. The quantitative estimate of drug-likeness (QED) is 0.890. The van der Waals surface area contributed by atoms with Crippen LogP contribution in [0.15, 0.2) is 18.2 Å². The second-order valence-corrected chi connectivity index (χ2v) is 6.04. The molecule has 5 heteroatoms. The molecule has 1 aromatic carbocycles. The summed E-state index contributed by atoms with van der Waals surface area (Å²) in [5.74, 6) is 1.01. The predicted molar refractivity (Wildman–Crippen MR) is 79.1 cm³/mol. The normalized spacial score (nSPS) is 21.0. The monoisotopic (exact) mass is 290 g/mol. The van der Waals surface area contributed by atoms with Crippen molar-refractivity contribution < 1.29 is 14.3 Å². The Morgan fingerprint density at radius 3 is 2.67 bits per heavy atom. The SMILES string of the molecule is CC(NC1CCCCC1)(C(N)=O)c1ccc2c(c1)OCO2. The van der Waals surface area contributed by atoms with E-state index in [9.17, 15) is 4.79 Å². The maximum atomic E-state index is 12.1. The number of carbonyl (C=O) groups excluding carboxylic acids is 1. The summed E-state index contributed by atoms with van der Waals surface area (Å²) in [6.45, 7) is 2.07. The minimum absolute atomic E-state index is 0.224. The van der Waals surface area contributed by atoms with E-state index in [0.29, 0.717) is 17.5 Å². The first-order chi connectivity index (χ1) is 10.1. The third-order valence-corrected chi connectivity index (χ3v) is 4.54. The summed E-state index contributed by atoms with van der Waals surface area (Å²) in [7, 11) is 0. The van der Waals surface area contributed by atoms with Gasteiger partial charge in [-0.2, -0.15) is 0 Å². The van der Waals surface area contributed by atoms with Gasteiger partial charge < -0.3 is 15.2 Å². The van der Waals surface area contributed by atoms with Gasteiger partial charge in [-0.25, -0.2) is 0 Å². The van der Waals surface area contributed by atoms with E-state index in [1.54, 1.807) is 0 Å². The molecule has 3 N–H and O–H groups in total. The maximum absolute atomic E-state index is 12.1. The van der Waals surface area contributed by atoms with Gasteiger partial charge in [-0.05, 0) is 37.5 Å². The molecule has 1 fully saturated rings. The minimum Gasteiger partial charge on any atom is -0.454 e. The number of nitrogens with one attached hydrogen (secondary N) is 1. The van der Waals surface area contributed by atoms with Crippen LogP contribution in [0.1, 0.15) is 44.6 Å². The smallest absolute Gasteiger partial charge is 0.242 e. The van der Waals surface area contributed by atoms with E-state index in [2.05, 4.69) is 5.32 Å². The van der Waals surface area contributed by atoms with Crippen molar-refractivity contribution >= 4 is 5.91 Å². The van der Waals surface area contributed by atoms with Gasteiger partial charge in [0, 0.05) is 6.04 Å². The summed E-state index contributed by atoms with van der Waals surface area (Å²) >= 11 is 0. The first kappa shape index (κ1) is 14.2. The Morgan fingerprint density at radius 2 is 1.95 bits per heavy atom. The zero-order valence-electron chi connectivity index (χ0n) is 12.4. The number of carbonyl (C=O) groups is 1. The Kier molecular flexibility index (Phi) is 3.76. The van der Waals surface area contributed by atoms with Crippen LogP contribution in [0.2, 0.25) is 0 Å². The third kappa shape index (κ3) is 2.70. The summed E-state index contributed by atoms with van der Waals surface area (Å²) < 4.78 is 10.7. The van der Waals surface area contributed by atoms with Crippen molar-refractivity contribution in [3.63, 3.8) is 0 Å². The van der Waals surface area contributed by atoms with E-state index in [-0.39, 0.29) is 12.7 Å². The van der Waals surface area contributed by atoms with Gasteiger partial charge in [-0.3, -0.25) is 10.1 Å². The lowest BCUT2D eigenvalue weighted by atomic mass is 9.87. The molecule has 1 aliphatic heterocycles. The number of rotatable bonds is 4. The van der Waals surface area contributed by atoms with Crippen LogP contribution in [0.5, 0.6) is 11.5 Å². The predicted octanol–water partition coefficient (Wildman–Crippen LogP) is 2.04. The molecule has 1 unspecified atom stereocenters. The highest BCUT2D eigenvalue weighted by Crippen LogP contribution is 2.36. The molecule has 5 nitrogen and oxygen atoms in total. The van der Waals surface area contributed by atoms with Crippen molar-refractivity contribution in [2.75, 3.05) is 6.79 Å². The molecule has 1 aliphatic carbocycles. The van der Waals surface area contributed by atoms with E-state index in [4.69, 9.17) is 15.2 Å². The molecule has 114 valence electrons. The van der Waals surface area contributed by atoms with Gasteiger partial charge in [0.05, 0.1) is 0 Å². The van der Waals surface area contributed by atoms with Gasteiger partial charge in [-0.1, -0.05) is 25.3 Å². The topological polar surface area (TPSA) is 73.6 Å². The summed E-state index contributed by atoms with van der Waals surface area (Å²) in [4.78, 5) is 12.1. The molecular weight excluding hydrogens is 268 g/mol. The van der Waals surface area contributed by atoms with Crippen LogP contribution >= 0.6 is 0 Å². The molecule has 1 amide bonds. The molecule has 0 radical (unpaired) electrons. The van der Waals surface area contributed by atoms with E-state index in [0.717, 1.165) is 18.4 Å². The zero-order chi connectivity index (χ0) is 14.9. The fourth-order valence-electron chi connectivity index (χ4n) is 3.16. The van der Waals surface area contributed by atoms with Gasteiger partial charge >= 0.3 is 0 Å². The summed E-state index contributed by atoms with van der Waals surface area (Å²) in [6, 6.07) is 5.90. The number of hydrogen-bond acceptors (Lipinski definition) is 4. The van der Waals surface area contributed by atoms with Gasteiger partial charge in [0.1, 0.15) is 5.54 Å². The largest absolute Gasteiger partial charge is 0.454 e. The van der Waals surface area contributed by atoms with E-state index in [1.807, 2.05) is 25.1 Å². The molecule has 1 aromatic rings. The molecular formula is C16H22N2O3. The minimum atomic E-state index is -0.886. The first-order valence-electron chi connectivity index (χ1n) is 7.57. The first-order valence-corrected chi connectivity index (χ1v) is 7.57.